The van der Waals surface area contributed by atoms with Crippen molar-refractivity contribution in [3.63, 3.8) is 0 Å². The highest BCUT2D eigenvalue weighted by Crippen LogP contribution is 2.43. The van der Waals surface area contributed by atoms with Crippen LogP contribution in [0.4, 0.5) is 26.3 Å². The van der Waals surface area contributed by atoms with Crippen molar-refractivity contribution in [2.75, 3.05) is 26.2 Å². The first-order valence-electron chi connectivity index (χ1n) is 26.0. The Labute approximate surface area is 436 Å². The molecule has 2 heterocycles. The third-order valence-corrected chi connectivity index (χ3v) is 14.3. The molecule has 17 heteroatoms. The van der Waals surface area contributed by atoms with Gasteiger partial charge in [0.25, 0.3) is 0 Å². The normalized spacial score (nSPS) is 16.8. The Morgan fingerprint density at radius 2 is 1.12 bits per heavy atom. The number of likely N-dealkylation sites (tertiary alicyclic amines) is 1. The molecule has 0 radical (unpaired) electrons. The van der Waals surface area contributed by atoms with Crippen LogP contribution < -0.4 is 5.32 Å². The molecular weight excluding hydrogens is 979 g/mol. The average Bonchev–Trinajstić information content (AvgIpc) is 3.37. The van der Waals surface area contributed by atoms with Crippen molar-refractivity contribution in [3.8, 4) is 0 Å². The van der Waals surface area contributed by atoms with E-state index in [2.05, 4.69) is 45.7 Å². The van der Waals surface area contributed by atoms with Gasteiger partial charge in [-0.3, -0.25) is 14.5 Å². The lowest BCUT2D eigenvalue weighted by Crippen LogP contribution is -2.46. The van der Waals surface area contributed by atoms with Crippen molar-refractivity contribution in [3.05, 3.63) is 140 Å². The van der Waals surface area contributed by atoms with Gasteiger partial charge in [-0.2, -0.15) is 35.9 Å². The van der Waals surface area contributed by atoms with Crippen LogP contribution in [-0.4, -0.2) is 66.0 Å². The fourth-order valence-corrected chi connectivity index (χ4v) is 9.76. The summed E-state index contributed by atoms with van der Waals surface area (Å²) in [7, 11) is 0. The van der Waals surface area contributed by atoms with Crippen molar-refractivity contribution < 1.29 is 60.3 Å². The molecule has 2 aliphatic carbocycles. The monoisotopic (exact) mass is 1050 g/mol. The van der Waals surface area contributed by atoms with Crippen LogP contribution in [0.25, 0.3) is 0 Å². The van der Waals surface area contributed by atoms with Crippen LogP contribution in [0.2, 0.25) is 0 Å². The number of hydrogen-bond donors (Lipinski definition) is 2. The van der Waals surface area contributed by atoms with E-state index in [1.54, 1.807) is 43.3 Å². The second-order valence-electron chi connectivity index (χ2n) is 19.5. The standard InChI is InChI=1S/C28H35F3N2O.C25H28F3NO2.C4H7NO2.CO2/c1-3-22-17-24(11-12-25(22)18-33-14-7-15-33)20(2)32-34-19-21-10-13-26(23-8-5-4-6-9-23)27(16-21)28(29,30)31;1-3-19-14-21(10-11-22(19)15-30)17(2)29-31-16-18-9-12-23(20-7-5-4-6-8-20)24(13-18)25(26,27)28;6-4(7)3-1-5-2-3;2-1-3/h10-13,16-17,23H,3-9,14-15,18-19H2,1-2H3;9-15,20H,3-8,16H2,1-2H3;3,5H,1-2H2,(H,6,7);/b32-20+;29-17+;;. The number of carboxylic acid groups (broad SMARTS) is 1. The Morgan fingerprint density at radius 3 is 1.48 bits per heavy atom. The van der Waals surface area contributed by atoms with Gasteiger partial charge in [0, 0.05) is 25.2 Å². The number of halogens is 6. The lowest BCUT2D eigenvalue weighted by atomic mass is 9.81. The minimum absolute atomic E-state index is 0.00238. The number of benzene rings is 4. The Kier molecular flexibility index (Phi) is 23.3. The largest absolute Gasteiger partial charge is 0.481 e. The van der Waals surface area contributed by atoms with Crippen LogP contribution in [0.5, 0.6) is 0 Å². The van der Waals surface area contributed by atoms with E-state index in [0.717, 1.165) is 119 Å². The predicted molar refractivity (Wildman–Crippen MR) is 274 cm³/mol. The van der Waals surface area contributed by atoms with E-state index in [0.29, 0.717) is 53.0 Å². The molecule has 75 heavy (non-hydrogen) atoms. The number of carbonyl (C=O) groups is 2. The van der Waals surface area contributed by atoms with Crippen molar-refractivity contribution in [1.82, 2.24) is 10.2 Å². The van der Waals surface area contributed by atoms with Gasteiger partial charge in [0.1, 0.15) is 19.5 Å². The number of nitrogens with one attached hydrogen (secondary N) is 1. The van der Waals surface area contributed by atoms with E-state index in [1.807, 2.05) is 19.9 Å². The molecule has 2 aliphatic heterocycles. The number of oxime groups is 2. The topological polar surface area (TPSA) is 147 Å². The van der Waals surface area contributed by atoms with Gasteiger partial charge in [0.2, 0.25) is 0 Å². The lowest BCUT2D eigenvalue weighted by molar-refractivity contribution is -0.191. The number of aldehydes is 1. The zero-order chi connectivity index (χ0) is 54.5. The molecule has 0 spiro atoms. The van der Waals surface area contributed by atoms with Gasteiger partial charge >= 0.3 is 24.5 Å². The molecule has 0 aromatic heterocycles. The Bertz CT molecular complexity index is 2590. The molecule has 406 valence electrons. The summed E-state index contributed by atoms with van der Waals surface area (Å²) in [6.07, 6.45) is 4.70. The average molecular weight is 1050 g/mol. The molecule has 4 fully saturated rings. The van der Waals surface area contributed by atoms with Gasteiger partial charge in [-0.15, -0.1) is 0 Å². The molecule has 2 saturated carbocycles. The van der Waals surface area contributed by atoms with E-state index in [-0.39, 0.29) is 37.1 Å². The maximum atomic E-state index is 13.8. The molecule has 11 nitrogen and oxygen atoms in total. The van der Waals surface area contributed by atoms with Gasteiger partial charge in [-0.1, -0.05) is 111 Å². The molecule has 0 amide bonds. The molecule has 0 bridgehead atoms. The minimum Gasteiger partial charge on any atom is -0.481 e. The number of carbonyl (C=O) groups excluding carboxylic acids is 3. The van der Waals surface area contributed by atoms with Crippen LogP contribution in [0.3, 0.4) is 0 Å². The first-order chi connectivity index (χ1) is 35.9. The number of carboxylic acids is 1. The Balaban J connectivity index is 0.000000235. The third-order valence-electron chi connectivity index (χ3n) is 14.3. The molecule has 4 aliphatic rings. The highest BCUT2D eigenvalue weighted by atomic mass is 19.4. The fourth-order valence-electron chi connectivity index (χ4n) is 9.76. The zero-order valence-electron chi connectivity index (χ0n) is 43.4. The maximum absolute atomic E-state index is 13.8. The van der Waals surface area contributed by atoms with E-state index in [4.69, 9.17) is 24.4 Å². The summed E-state index contributed by atoms with van der Waals surface area (Å²) in [5.74, 6) is -0.820. The van der Waals surface area contributed by atoms with Crippen molar-refractivity contribution in [1.29, 1.82) is 0 Å². The summed E-state index contributed by atoms with van der Waals surface area (Å²) in [4.78, 5) is 50.6. The summed E-state index contributed by atoms with van der Waals surface area (Å²) < 4.78 is 82.5. The van der Waals surface area contributed by atoms with Crippen LogP contribution in [-0.2, 0) is 69.0 Å². The number of aryl methyl sites for hydroxylation is 2. The number of hydrogen-bond acceptors (Lipinski definition) is 10. The van der Waals surface area contributed by atoms with Crippen LogP contribution >= 0.6 is 0 Å². The molecule has 8 rings (SSSR count). The molecule has 4 aromatic rings. The van der Waals surface area contributed by atoms with Gasteiger partial charge in [-0.25, -0.2) is 0 Å². The van der Waals surface area contributed by atoms with E-state index >= 15 is 0 Å². The molecule has 2 N–H and O–H groups in total. The number of nitrogens with zero attached hydrogens (tertiary/aromatic N) is 3. The molecule has 0 atom stereocenters. The predicted octanol–water partition coefficient (Wildman–Crippen LogP) is 13.2. The van der Waals surface area contributed by atoms with Gasteiger partial charge < -0.3 is 20.1 Å². The number of alkyl halides is 6. The number of rotatable bonds is 16. The quantitative estimate of drug-likeness (QED) is 0.0484. The lowest BCUT2D eigenvalue weighted by Gasteiger charge is -2.31. The highest BCUT2D eigenvalue weighted by Gasteiger charge is 2.37. The van der Waals surface area contributed by atoms with E-state index < -0.39 is 29.4 Å². The van der Waals surface area contributed by atoms with E-state index in [1.165, 1.54) is 29.7 Å². The fraction of sp³-hybridized carbons (Fsp3) is 0.500. The molecular formula is C58H70F6N4O7. The van der Waals surface area contributed by atoms with E-state index in [9.17, 15) is 35.9 Å². The maximum Gasteiger partial charge on any atom is 0.416 e. The van der Waals surface area contributed by atoms with Crippen molar-refractivity contribution in [2.45, 2.75) is 155 Å². The Hall–Kier alpha value is -6.16. The molecule has 0 unspecified atom stereocenters. The van der Waals surface area contributed by atoms with Crippen LogP contribution in [0.1, 0.15) is 182 Å². The second-order valence-corrected chi connectivity index (χ2v) is 19.5. The van der Waals surface area contributed by atoms with Crippen molar-refractivity contribution in [2.24, 2.45) is 16.2 Å². The summed E-state index contributed by atoms with van der Waals surface area (Å²) in [5, 5.41) is 19.3. The SMILES string of the molecule is CCc1cc(/C(C)=N/OCc2ccc(C3CCCCC3)c(C(F)(F)F)c2)ccc1C=O.CCc1cc(/C(C)=N/OCc2ccc(C3CCCCC3)c(C(F)(F)F)c2)ccc1CN1CCC1.O=C(O)C1CNC1.O=C=O. The van der Waals surface area contributed by atoms with Crippen molar-refractivity contribution >= 4 is 29.8 Å². The first kappa shape index (κ1) is 59.7. The third kappa shape index (κ3) is 18.0. The zero-order valence-corrected chi connectivity index (χ0v) is 43.4. The smallest absolute Gasteiger partial charge is 0.416 e. The second kappa shape index (κ2) is 29.2. The van der Waals surface area contributed by atoms with Crippen LogP contribution in [0, 0.1) is 5.92 Å². The van der Waals surface area contributed by atoms with Gasteiger partial charge in [0.05, 0.1) is 28.5 Å². The molecule has 2 saturated heterocycles. The van der Waals surface area contributed by atoms with Crippen LogP contribution in [0.15, 0.2) is 83.1 Å². The van der Waals surface area contributed by atoms with Gasteiger partial charge in [-0.05, 0) is 158 Å². The van der Waals surface area contributed by atoms with Gasteiger partial charge in [0.15, 0.2) is 0 Å². The summed E-state index contributed by atoms with van der Waals surface area (Å²) in [5.41, 5.74) is 7.98. The minimum atomic E-state index is -4.39. The molecule has 4 aromatic carbocycles. The summed E-state index contributed by atoms with van der Waals surface area (Å²) >= 11 is 0. The summed E-state index contributed by atoms with van der Waals surface area (Å²) in [6, 6.07) is 20.9. The number of aliphatic carboxylic acids is 1. The summed E-state index contributed by atoms with van der Waals surface area (Å²) in [6.45, 7) is 12.3. The Morgan fingerprint density at radius 1 is 0.667 bits per heavy atom. The highest BCUT2D eigenvalue weighted by molar-refractivity contribution is 5.99. The first-order valence-corrected chi connectivity index (χ1v) is 26.0.